The third-order valence-electron chi connectivity index (χ3n) is 6.24. The second-order valence-corrected chi connectivity index (χ2v) is 10.5. The maximum atomic E-state index is 13.2. The highest BCUT2D eigenvalue weighted by molar-refractivity contribution is 7.77. The lowest BCUT2D eigenvalue weighted by molar-refractivity contribution is -0.0495. The molecule has 200 valence electrons. The predicted octanol–water partition coefficient (Wildman–Crippen LogP) is 5.04. The first-order chi connectivity index (χ1) is 17.1. The van der Waals surface area contributed by atoms with Gasteiger partial charge in [-0.1, -0.05) is 31.5 Å². The van der Waals surface area contributed by atoms with E-state index in [4.69, 9.17) is 20.9 Å². The average Bonchev–Trinajstić information content (AvgIpc) is 3.13. The molecule has 1 aromatic carbocycles. The van der Waals surface area contributed by atoms with E-state index in [9.17, 15) is 17.8 Å². The molecule has 0 spiro atoms. The number of aromatic nitrogens is 2. The molecule has 0 radical (unpaired) electrons. The van der Waals surface area contributed by atoms with Crippen LogP contribution in [0.25, 0.3) is 11.3 Å². The number of carbonyl (C=O) groups excluding carboxylic acids is 1. The quantitative estimate of drug-likeness (QED) is 0.342. The number of hydrogen-bond acceptors (Lipinski definition) is 4. The summed E-state index contributed by atoms with van der Waals surface area (Å²) >= 11 is 4.58. The Morgan fingerprint density at radius 3 is 2.58 bits per heavy atom. The number of hydrogen-bond donors (Lipinski definition) is 3. The Hall–Kier alpha value is -2.08. The zero-order valence-electron chi connectivity index (χ0n) is 20.6. The van der Waals surface area contributed by atoms with E-state index in [0.717, 1.165) is 31.2 Å². The zero-order valence-corrected chi connectivity index (χ0v) is 22.2. The van der Waals surface area contributed by atoms with Crippen LogP contribution in [0.5, 0.6) is 5.75 Å². The Morgan fingerprint density at radius 1 is 1.31 bits per heavy atom. The highest BCUT2D eigenvalue weighted by Crippen LogP contribution is 2.38. The van der Waals surface area contributed by atoms with Crippen LogP contribution in [0.3, 0.4) is 0 Å². The molecule has 1 unspecified atom stereocenters. The van der Waals surface area contributed by atoms with Crippen LogP contribution in [0, 0.1) is 11.8 Å². The Balaban J connectivity index is 1.78. The van der Waals surface area contributed by atoms with E-state index in [2.05, 4.69) is 15.1 Å². The number of nitrogens with one attached hydrogen (secondary N) is 2. The van der Waals surface area contributed by atoms with Crippen molar-refractivity contribution in [2.75, 3.05) is 6.54 Å². The van der Waals surface area contributed by atoms with Crippen molar-refractivity contribution in [2.24, 2.45) is 11.8 Å². The van der Waals surface area contributed by atoms with Crippen molar-refractivity contribution in [3.05, 3.63) is 34.5 Å². The standard InChI is InChI=1S/C24H33ClF2N4O4S/c1-4-31-22(18-10-7-16(11-14(2)3)12-19(18)35-24(26)27)20(25)21(29-31)23(32)28-13-15-5-8-17(9-6-15)30-36(33)34/h7,10,12,14-15,17,24,30H,4-6,8-9,11,13H2,1-3H3,(H,28,32)(H,33,34). The first-order valence-corrected chi connectivity index (χ1v) is 13.6. The fraction of sp³-hybridized carbons (Fsp3) is 0.583. The van der Waals surface area contributed by atoms with Gasteiger partial charge in [-0.3, -0.25) is 14.0 Å². The van der Waals surface area contributed by atoms with Crippen LogP contribution in [-0.2, 0) is 24.2 Å². The Morgan fingerprint density at radius 2 is 2.00 bits per heavy atom. The van der Waals surface area contributed by atoms with Gasteiger partial charge in [-0.05, 0) is 68.6 Å². The third-order valence-corrected chi connectivity index (χ3v) is 7.13. The van der Waals surface area contributed by atoms with Gasteiger partial charge in [0.1, 0.15) is 5.75 Å². The van der Waals surface area contributed by atoms with Gasteiger partial charge in [0.25, 0.3) is 5.91 Å². The van der Waals surface area contributed by atoms with Gasteiger partial charge in [-0.15, -0.1) is 0 Å². The smallest absolute Gasteiger partial charge is 0.387 e. The van der Waals surface area contributed by atoms with Gasteiger partial charge in [-0.2, -0.15) is 13.9 Å². The maximum Gasteiger partial charge on any atom is 0.387 e. The molecular formula is C24H33ClF2N4O4S. The highest BCUT2D eigenvalue weighted by atomic mass is 35.5. The van der Waals surface area contributed by atoms with Gasteiger partial charge >= 0.3 is 6.61 Å². The van der Waals surface area contributed by atoms with E-state index >= 15 is 0 Å². The van der Waals surface area contributed by atoms with Gasteiger partial charge in [0.05, 0.1) is 10.7 Å². The summed E-state index contributed by atoms with van der Waals surface area (Å²) in [4.78, 5) is 13.0. The zero-order chi connectivity index (χ0) is 26.4. The minimum atomic E-state index is -3.01. The van der Waals surface area contributed by atoms with E-state index < -0.39 is 23.8 Å². The van der Waals surface area contributed by atoms with Gasteiger partial charge in [0.15, 0.2) is 5.69 Å². The van der Waals surface area contributed by atoms with Crippen molar-refractivity contribution in [3.63, 3.8) is 0 Å². The van der Waals surface area contributed by atoms with Crippen molar-refractivity contribution in [3.8, 4) is 17.0 Å². The summed E-state index contributed by atoms with van der Waals surface area (Å²) in [7, 11) is 0. The molecule has 1 aromatic heterocycles. The summed E-state index contributed by atoms with van der Waals surface area (Å²) in [6.07, 6.45) is 3.77. The van der Waals surface area contributed by atoms with Crippen LogP contribution < -0.4 is 14.8 Å². The van der Waals surface area contributed by atoms with Gasteiger partial charge in [0, 0.05) is 24.7 Å². The van der Waals surface area contributed by atoms with Crippen molar-refractivity contribution in [2.45, 2.75) is 72.1 Å². The summed E-state index contributed by atoms with van der Waals surface area (Å²) in [5.41, 5.74) is 1.57. The van der Waals surface area contributed by atoms with Crippen LogP contribution in [0.2, 0.25) is 5.02 Å². The topological polar surface area (TPSA) is 105 Å². The fourth-order valence-corrected chi connectivity index (χ4v) is 5.42. The molecule has 0 bridgehead atoms. The number of carbonyl (C=O) groups is 1. The summed E-state index contributed by atoms with van der Waals surface area (Å²) < 4.78 is 55.3. The molecule has 1 saturated carbocycles. The lowest BCUT2D eigenvalue weighted by Gasteiger charge is -2.28. The molecule has 1 aliphatic rings. The largest absolute Gasteiger partial charge is 0.434 e. The molecule has 8 nitrogen and oxygen atoms in total. The molecule has 0 saturated heterocycles. The predicted molar refractivity (Wildman–Crippen MR) is 136 cm³/mol. The number of alkyl halides is 2. The van der Waals surface area contributed by atoms with Gasteiger partial charge in [-0.25, -0.2) is 8.93 Å². The van der Waals surface area contributed by atoms with Crippen molar-refractivity contribution in [1.82, 2.24) is 19.8 Å². The number of ether oxygens (including phenoxy) is 1. The SMILES string of the molecule is CCn1nc(C(=O)NCC2CCC(NS(=O)O)CC2)c(Cl)c1-c1ccc(CC(C)C)cc1OC(F)F. The van der Waals surface area contributed by atoms with Crippen LogP contribution in [0.1, 0.15) is 62.5 Å². The Bertz CT molecular complexity index is 1070. The number of amides is 1. The lowest BCUT2D eigenvalue weighted by atomic mass is 9.86. The van der Waals surface area contributed by atoms with E-state index in [0.29, 0.717) is 36.7 Å². The van der Waals surface area contributed by atoms with Gasteiger partial charge < -0.3 is 10.1 Å². The van der Waals surface area contributed by atoms with Crippen LogP contribution in [-0.4, -0.2) is 43.6 Å². The summed E-state index contributed by atoms with van der Waals surface area (Å²) in [6.45, 7) is 3.67. The monoisotopic (exact) mass is 546 g/mol. The Labute approximate surface area is 217 Å². The van der Waals surface area contributed by atoms with Crippen molar-refractivity contribution < 1.29 is 27.1 Å². The van der Waals surface area contributed by atoms with E-state index in [1.807, 2.05) is 26.8 Å². The number of aryl methyl sites for hydroxylation is 1. The summed E-state index contributed by atoms with van der Waals surface area (Å²) in [6, 6.07) is 5.09. The molecule has 1 fully saturated rings. The fourth-order valence-electron chi connectivity index (χ4n) is 4.57. The summed E-state index contributed by atoms with van der Waals surface area (Å²) in [5, 5.41) is 7.31. The average molecular weight is 547 g/mol. The molecule has 36 heavy (non-hydrogen) atoms. The number of benzene rings is 1. The third kappa shape index (κ3) is 7.47. The first kappa shape index (κ1) is 28.5. The van der Waals surface area contributed by atoms with Crippen molar-refractivity contribution >= 4 is 28.8 Å². The van der Waals surface area contributed by atoms with Gasteiger partial charge in [0.2, 0.25) is 11.3 Å². The molecule has 12 heteroatoms. The van der Waals surface area contributed by atoms with Crippen molar-refractivity contribution in [1.29, 1.82) is 0 Å². The summed E-state index contributed by atoms with van der Waals surface area (Å²) in [5.74, 6) is 0.101. The molecule has 2 aromatic rings. The highest BCUT2D eigenvalue weighted by Gasteiger charge is 2.27. The molecular weight excluding hydrogens is 514 g/mol. The normalized spacial score (nSPS) is 19.0. The molecule has 3 rings (SSSR count). The number of halogens is 3. The van der Waals surface area contributed by atoms with Crippen LogP contribution in [0.4, 0.5) is 8.78 Å². The molecule has 1 atom stereocenters. The van der Waals surface area contributed by atoms with E-state index in [-0.39, 0.29) is 28.4 Å². The number of rotatable bonds is 11. The number of nitrogens with zero attached hydrogens (tertiary/aromatic N) is 2. The molecule has 1 aliphatic carbocycles. The molecule has 0 aliphatic heterocycles. The minimum Gasteiger partial charge on any atom is -0.434 e. The molecule has 1 amide bonds. The van der Waals surface area contributed by atoms with Crippen LogP contribution >= 0.6 is 11.6 Å². The van der Waals surface area contributed by atoms with E-state index in [1.165, 1.54) is 4.68 Å². The first-order valence-electron chi connectivity index (χ1n) is 12.1. The maximum absolute atomic E-state index is 13.2. The lowest BCUT2D eigenvalue weighted by Crippen LogP contribution is -2.37. The second kappa shape index (κ2) is 12.9. The molecule has 1 heterocycles. The minimum absolute atomic E-state index is 0.0132. The van der Waals surface area contributed by atoms with Crippen LogP contribution in [0.15, 0.2) is 18.2 Å². The molecule has 3 N–H and O–H groups in total. The Kier molecular flexibility index (Phi) is 10.2. The van der Waals surface area contributed by atoms with E-state index in [1.54, 1.807) is 12.1 Å². The second-order valence-electron chi connectivity index (χ2n) is 9.43.